The summed E-state index contributed by atoms with van der Waals surface area (Å²) in [6, 6.07) is 6.90. The standard InChI is InChI=1S/C18H28N2O3.Na/c1-12(2)10-14-6-8-15(9-7-14)13(3)17(21)19-16(18(22)23)11-20(4)5;/h6-9,12-13,16H,10-11H2,1-5H3,(H,19,21)(H,22,23);/q;+1/p-1/t13-,16+;/m0./s1. The number of carboxylic acid groups (broad SMARTS) is 1. The van der Waals surface area contributed by atoms with Crippen molar-refractivity contribution in [3.8, 4) is 0 Å². The van der Waals surface area contributed by atoms with Gasteiger partial charge in [0.05, 0.1) is 17.9 Å². The first kappa shape index (κ1) is 23.1. The number of hydrogen-bond acceptors (Lipinski definition) is 4. The molecule has 0 fully saturated rings. The molecule has 0 spiro atoms. The quantitative estimate of drug-likeness (QED) is 0.544. The summed E-state index contributed by atoms with van der Waals surface area (Å²) in [5, 5.41) is 13.7. The predicted molar refractivity (Wildman–Crippen MR) is 88.9 cm³/mol. The van der Waals surface area contributed by atoms with E-state index in [0.29, 0.717) is 5.92 Å². The largest absolute Gasteiger partial charge is 1.00 e. The molecule has 24 heavy (non-hydrogen) atoms. The second-order valence-electron chi connectivity index (χ2n) is 6.70. The van der Waals surface area contributed by atoms with Gasteiger partial charge < -0.3 is 20.1 Å². The Morgan fingerprint density at radius 2 is 1.67 bits per heavy atom. The number of likely N-dealkylation sites (N-methyl/N-ethyl adjacent to an activating group) is 1. The van der Waals surface area contributed by atoms with Crippen LogP contribution in [0.3, 0.4) is 0 Å². The molecule has 0 saturated heterocycles. The Balaban J connectivity index is 0.00000529. The fraction of sp³-hybridized carbons (Fsp3) is 0.556. The third kappa shape index (κ3) is 7.79. The number of hydrogen-bond donors (Lipinski definition) is 1. The molecule has 5 nitrogen and oxygen atoms in total. The summed E-state index contributed by atoms with van der Waals surface area (Å²) in [7, 11) is 3.50. The molecule has 2 atom stereocenters. The third-order valence-electron chi connectivity index (χ3n) is 3.67. The number of amides is 1. The summed E-state index contributed by atoms with van der Waals surface area (Å²) in [6.45, 7) is 6.30. The van der Waals surface area contributed by atoms with Crippen LogP contribution in [0.25, 0.3) is 0 Å². The fourth-order valence-electron chi connectivity index (χ4n) is 2.41. The molecule has 1 aromatic carbocycles. The van der Waals surface area contributed by atoms with Crippen molar-refractivity contribution in [3.63, 3.8) is 0 Å². The van der Waals surface area contributed by atoms with Gasteiger partial charge in [-0.2, -0.15) is 0 Å². The van der Waals surface area contributed by atoms with Gasteiger partial charge in [-0.25, -0.2) is 0 Å². The van der Waals surface area contributed by atoms with Crippen molar-refractivity contribution < 1.29 is 44.3 Å². The van der Waals surface area contributed by atoms with Crippen LogP contribution in [0.5, 0.6) is 0 Å². The second-order valence-corrected chi connectivity index (χ2v) is 6.70. The van der Waals surface area contributed by atoms with Gasteiger partial charge in [0.1, 0.15) is 0 Å². The van der Waals surface area contributed by atoms with Crippen LogP contribution in [-0.2, 0) is 16.0 Å². The van der Waals surface area contributed by atoms with Gasteiger partial charge in [0.15, 0.2) is 0 Å². The normalized spacial score (nSPS) is 13.3. The van der Waals surface area contributed by atoms with E-state index in [1.165, 1.54) is 5.56 Å². The maximum absolute atomic E-state index is 12.3. The topological polar surface area (TPSA) is 72.5 Å². The molecular weight excluding hydrogens is 315 g/mol. The number of aliphatic carboxylic acids is 1. The van der Waals surface area contributed by atoms with E-state index in [1.807, 2.05) is 24.3 Å². The van der Waals surface area contributed by atoms with Crippen LogP contribution in [0.1, 0.15) is 37.8 Å². The maximum Gasteiger partial charge on any atom is 1.00 e. The van der Waals surface area contributed by atoms with E-state index in [9.17, 15) is 14.7 Å². The van der Waals surface area contributed by atoms with Crippen LogP contribution in [0.4, 0.5) is 0 Å². The molecule has 0 radical (unpaired) electrons. The minimum absolute atomic E-state index is 0. The maximum atomic E-state index is 12.3. The zero-order valence-electron chi connectivity index (χ0n) is 15.6. The zero-order chi connectivity index (χ0) is 17.6. The van der Waals surface area contributed by atoms with E-state index < -0.39 is 17.9 Å². The van der Waals surface area contributed by atoms with Gasteiger partial charge in [0.25, 0.3) is 0 Å². The molecule has 0 aliphatic rings. The SMILES string of the molecule is CC(C)Cc1ccc([C@H](C)C(=O)N[C@H](CN(C)C)C(=O)[O-])cc1.[Na+]. The number of nitrogens with zero attached hydrogens (tertiary/aromatic N) is 1. The number of carboxylic acids is 1. The van der Waals surface area contributed by atoms with Crippen LogP contribution in [0, 0.1) is 5.92 Å². The summed E-state index contributed by atoms with van der Waals surface area (Å²) in [5.74, 6) is -1.41. The van der Waals surface area contributed by atoms with E-state index >= 15 is 0 Å². The van der Waals surface area contributed by atoms with Gasteiger partial charge in [-0.05, 0) is 44.5 Å². The molecule has 1 N–H and O–H groups in total. The minimum atomic E-state index is -1.27. The minimum Gasteiger partial charge on any atom is -0.548 e. The van der Waals surface area contributed by atoms with Crippen molar-refractivity contribution in [3.05, 3.63) is 35.4 Å². The Hall–Kier alpha value is -0.880. The first-order chi connectivity index (χ1) is 10.7. The summed E-state index contributed by atoms with van der Waals surface area (Å²) >= 11 is 0. The smallest absolute Gasteiger partial charge is 0.548 e. The van der Waals surface area contributed by atoms with Crippen LogP contribution < -0.4 is 40.0 Å². The molecule has 0 unspecified atom stereocenters. The van der Waals surface area contributed by atoms with Crippen molar-refractivity contribution in [2.45, 2.75) is 39.2 Å². The van der Waals surface area contributed by atoms with E-state index in [-0.39, 0.29) is 42.0 Å². The molecule has 0 aliphatic heterocycles. The number of nitrogens with one attached hydrogen (secondary N) is 1. The number of rotatable bonds is 8. The summed E-state index contributed by atoms with van der Waals surface area (Å²) < 4.78 is 0. The molecule has 1 amide bonds. The van der Waals surface area contributed by atoms with E-state index in [4.69, 9.17) is 0 Å². The summed E-state index contributed by atoms with van der Waals surface area (Å²) in [5.41, 5.74) is 2.11. The van der Waals surface area contributed by atoms with Gasteiger partial charge in [-0.15, -0.1) is 0 Å². The third-order valence-corrected chi connectivity index (χ3v) is 3.67. The van der Waals surface area contributed by atoms with Gasteiger partial charge in [-0.1, -0.05) is 38.1 Å². The van der Waals surface area contributed by atoms with Crippen molar-refractivity contribution in [1.29, 1.82) is 0 Å². The van der Waals surface area contributed by atoms with Crippen LogP contribution in [0.2, 0.25) is 0 Å². The molecule has 0 heterocycles. The average molecular weight is 342 g/mol. The van der Waals surface area contributed by atoms with E-state index in [1.54, 1.807) is 25.9 Å². The molecular formula is C18H27N2NaO3. The first-order valence-electron chi connectivity index (χ1n) is 7.95. The van der Waals surface area contributed by atoms with Crippen molar-refractivity contribution in [2.75, 3.05) is 20.6 Å². The van der Waals surface area contributed by atoms with Gasteiger partial charge in [0.2, 0.25) is 5.91 Å². The van der Waals surface area contributed by atoms with Crippen molar-refractivity contribution in [1.82, 2.24) is 10.2 Å². The molecule has 0 saturated carbocycles. The van der Waals surface area contributed by atoms with E-state index in [2.05, 4.69) is 19.2 Å². The molecule has 128 valence electrons. The predicted octanol–water partition coefficient (Wildman–Crippen LogP) is -2.21. The fourth-order valence-corrected chi connectivity index (χ4v) is 2.41. The molecule has 1 aromatic rings. The first-order valence-corrected chi connectivity index (χ1v) is 7.95. The molecule has 1 rings (SSSR count). The van der Waals surface area contributed by atoms with Gasteiger partial charge >= 0.3 is 29.6 Å². The molecule has 0 bridgehead atoms. The Labute approximate surface area is 167 Å². The van der Waals surface area contributed by atoms with Gasteiger partial charge in [0, 0.05) is 6.54 Å². The number of carbonyl (C=O) groups excluding carboxylic acids is 2. The Morgan fingerprint density at radius 3 is 2.08 bits per heavy atom. The average Bonchev–Trinajstić information content (AvgIpc) is 2.45. The molecule has 0 aromatic heterocycles. The van der Waals surface area contributed by atoms with Crippen LogP contribution in [0.15, 0.2) is 24.3 Å². The van der Waals surface area contributed by atoms with Crippen LogP contribution in [-0.4, -0.2) is 43.5 Å². The monoisotopic (exact) mass is 342 g/mol. The number of benzene rings is 1. The molecule has 6 heteroatoms. The summed E-state index contributed by atoms with van der Waals surface area (Å²) in [6.07, 6.45) is 0.996. The second kappa shape index (κ2) is 10.9. The Bertz CT molecular complexity index is 530. The van der Waals surface area contributed by atoms with E-state index in [0.717, 1.165) is 12.0 Å². The van der Waals surface area contributed by atoms with Gasteiger partial charge in [-0.3, -0.25) is 4.79 Å². The Morgan fingerprint density at radius 1 is 1.12 bits per heavy atom. The Kier molecular flexibility index (Phi) is 10.5. The van der Waals surface area contributed by atoms with Crippen molar-refractivity contribution in [2.24, 2.45) is 5.92 Å². The zero-order valence-corrected chi connectivity index (χ0v) is 17.6. The van der Waals surface area contributed by atoms with Crippen molar-refractivity contribution >= 4 is 11.9 Å². The number of carbonyl (C=O) groups is 2. The summed E-state index contributed by atoms with van der Waals surface area (Å²) in [4.78, 5) is 25.1. The molecule has 0 aliphatic carbocycles. The van der Waals surface area contributed by atoms with Crippen LogP contribution >= 0.6 is 0 Å².